The molecule has 6 nitrogen and oxygen atoms in total. The predicted octanol–water partition coefficient (Wildman–Crippen LogP) is -0.00950. The topological polar surface area (TPSA) is 114 Å². The van der Waals surface area contributed by atoms with Gasteiger partial charge in [-0.05, 0) is 0 Å². The Morgan fingerprint density at radius 2 is 2.31 bits per heavy atom. The quantitative estimate of drug-likeness (QED) is 0.668. The monoisotopic (exact) mass is 245 g/mol. The van der Waals surface area contributed by atoms with Crippen molar-refractivity contribution in [3.05, 3.63) is 28.3 Å². The summed E-state index contributed by atoms with van der Waals surface area (Å²) in [4.78, 5) is 21.4. The maximum Gasteiger partial charge on any atom is 0.321 e. The van der Waals surface area contributed by atoms with Gasteiger partial charge >= 0.3 is 5.97 Å². The third-order valence-corrected chi connectivity index (χ3v) is 2.81. The first-order valence-electron chi connectivity index (χ1n) is 4.37. The number of rotatable bonds is 5. The molecule has 0 aliphatic heterocycles. The lowest BCUT2D eigenvalue weighted by Crippen LogP contribution is -2.32. The zero-order valence-corrected chi connectivity index (χ0v) is 9.07. The van der Waals surface area contributed by atoms with Gasteiger partial charge in [-0.3, -0.25) is 9.59 Å². The van der Waals surface area contributed by atoms with Crippen LogP contribution in [0.3, 0.4) is 0 Å². The highest BCUT2D eigenvalue weighted by atomic mass is 32.2. The molecule has 4 N–H and O–H groups in total. The minimum Gasteiger partial charge on any atom is -0.502 e. The van der Waals surface area contributed by atoms with Gasteiger partial charge in [-0.15, -0.1) is 0 Å². The molecule has 0 unspecified atom stereocenters. The molecule has 1 aromatic rings. The Hall–Kier alpha value is -1.47. The molecule has 0 fully saturated rings. The van der Waals surface area contributed by atoms with E-state index in [4.69, 9.17) is 20.4 Å². The first-order chi connectivity index (χ1) is 7.50. The Labute approximate surface area is 95.1 Å². The van der Waals surface area contributed by atoms with Crippen LogP contribution in [-0.2, 0) is 10.5 Å². The molecule has 0 amide bonds. The van der Waals surface area contributed by atoms with Gasteiger partial charge in [0.25, 0.3) is 0 Å². The minimum absolute atomic E-state index is 0.222. The fourth-order valence-corrected chi connectivity index (χ4v) is 1.74. The average Bonchev–Trinajstić information content (AvgIpc) is 2.23. The van der Waals surface area contributed by atoms with Crippen molar-refractivity contribution in [3.8, 4) is 5.75 Å². The molecule has 16 heavy (non-hydrogen) atoms. The van der Waals surface area contributed by atoms with Gasteiger partial charge in [0, 0.05) is 11.8 Å². The molecule has 7 heteroatoms. The van der Waals surface area contributed by atoms with Crippen LogP contribution in [0, 0.1) is 0 Å². The highest BCUT2D eigenvalue weighted by Gasteiger charge is 2.11. The van der Waals surface area contributed by atoms with Crippen molar-refractivity contribution in [3.63, 3.8) is 0 Å². The van der Waals surface area contributed by atoms with Gasteiger partial charge in [0.2, 0.25) is 5.43 Å². The first kappa shape index (κ1) is 12.6. The Balaban J connectivity index is 2.46. The lowest BCUT2D eigenvalue weighted by Gasteiger charge is -2.05. The van der Waals surface area contributed by atoms with Gasteiger partial charge in [-0.25, -0.2) is 0 Å². The number of aliphatic carboxylic acids is 1. The molecule has 0 spiro atoms. The van der Waals surface area contributed by atoms with Crippen LogP contribution in [0.15, 0.2) is 21.5 Å². The Bertz CT molecular complexity index is 430. The van der Waals surface area contributed by atoms with E-state index in [1.807, 2.05) is 0 Å². The zero-order chi connectivity index (χ0) is 12.1. The smallest absolute Gasteiger partial charge is 0.321 e. The standard InChI is InChI=1S/C9H11NO5S/c10-6(9(13)14)4-16-3-5-1-7(11)8(12)2-15-5/h1-2,6,12H,3-4,10H2,(H,13,14)/t6-/m0/s1. The van der Waals surface area contributed by atoms with Gasteiger partial charge in [-0.1, -0.05) is 0 Å². The normalized spacial score (nSPS) is 12.3. The van der Waals surface area contributed by atoms with Crippen LogP contribution in [0.5, 0.6) is 5.75 Å². The van der Waals surface area contributed by atoms with E-state index in [9.17, 15) is 9.59 Å². The number of carboxylic acids is 1. The summed E-state index contributed by atoms with van der Waals surface area (Å²) in [5.41, 5.74) is 4.76. The molecule has 1 heterocycles. The van der Waals surface area contributed by atoms with E-state index in [0.29, 0.717) is 11.5 Å². The molecule has 88 valence electrons. The lowest BCUT2D eigenvalue weighted by atomic mass is 10.4. The molecule has 1 atom stereocenters. The zero-order valence-electron chi connectivity index (χ0n) is 8.25. The van der Waals surface area contributed by atoms with E-state index in [1.165, 1.54) is 11.8 Å². The van der Waals surface area contributed by atoms with Crippen molar-refractivity contribution < 1.29 is 19.4 Å². The fraction of sp³-hybridized carbons (Fsp3) is 0.333. The van der Waals surface area contributed by atoms with Gasteiger partial charge in [0.05, 0.1) is 5.75 Å². The predicted molar refractivity (Wildman–Crippen MR) is 58.4 cm³/mol. The Kier molecular flexibility index (Phi) is 4.39. The Morgan fingerprint density at radius 3 is 2.88 bits per heavy atom. The summed E-state index contributed by atoms with van der Waals surface area (Å²) in [6, 6.07) is 0.225. The van der Waals surface area contributed by atoms with E-state index in [1.54, 1.807) is 0 Å². The number of carboxylic acid groups (broad SMARTS) is 1. The van der Waals surface area contributed by atoms with Gasteiger partial charge < -0.3 is 20.4 Å². The third kappa shape index (κ3) is 3.59. The molecule has 0 saturated carbocycles. The van der Waals surface area contributed by atoms with Crippen molar-refractivity contribution in [1.82, 2.24) is 0 Å². The molecule has 0 aliphatic rings. The summed E-state index contributed by atoms with van der Waals surface area (Å²) >= 11 is 1.24. The lowest BCUT2D eigenvalue weighted by molar-refractivity contribution is -0.137. The van der Waals surface area contributed by atoms with Gasteiger partial charge in [0.1, 0.15) is 18.1 Å². The second-order valence-corrected chi connectivity index (χ2v) is 4.09. The molecular formula is C9H11NO5S. The van der Waals surface area contributed by atoms with Crippen LogP contribution >= 0.6 is 11.8 Å². The maximum absolute atomic E-state index is 11.0. The summed E-state index contributed by atoms with van der Waals surface area (Å²) in [6.07, 6.45) is 0.954. The molecular weight excluding hydrogens is 234 g/mol. The highest BCUT2D eigenvalue weighted by Crippen LogP contribution is 2.13. The van der Waals surface area contributed by atoms with Crippen LogP contribution in [-0.4, -0.2) is 28.0 Å². The second-order valence-electron chi connectivity index (χ2n) is 3.06. The van der Waals surface area contributed by atoms with Crippen LogP contribution < -0.4 is 11.2 Å². The molecule has 0 bridgehead atoms. The van der Waals surface area contributed by atoms with Crippen LogP contribution in [0.1, 0.15) is 5.76 Å². The van der Waals surface area contributed by atoms with Crippen molar-refractivity contribution in [2.45, 2.75) is 11.8 Å². The molecule has 0 aliphatic carbocycles. The van der Waals surface area contributed by atoms with Crippen LogP contribution in [0.25, 0.3) is 0 Å². The van der Waals surface area contributed by atoms with E-state index in [-0.39, 0.29) is 5.75 Å². The van der Waals surface area contributed by atoms with E-state index in [0.717, 1.165) is 12.3 Å². The fourth-order valence-electron chi connectivity index (χ4n) is 0.877. The molecule has 1 rings (SSSR count). The van der Waals surface area contributed by atoms with Crippen LogP contribution in [0.2, 0.25) is 0 Å². The van der Waals surface area contributed by atoms with Gasteiger partial charge in [-0.2, -0.15) is 11.8 Å². The van der Waals surface area contributed by atoms with Crippen molar-refractivity contribution >= 4 is 17.7 Å². The number of hydrogen-bond donors (Lipinski definition) is 3. The number of hydrogen-bond acceptors (Lipinski definition) is 6. The molecule has 0 saturated heterocycles. The first-order valence-corrected chi connectivity index (χ1v) is 5.53. The minimum atomic E-state index is -1.07. The third-order valence-electron chi connectivity index (χ3n) is 1.73. The van der Waals surface area contributed by atoms with E-state index < -0.39 is 23.2 Å². The van der Waals surface area contributed by atoms with E-state index >= 15 is 0 Å². The van der Waals surface area contributed by atoms with E-state index in [2.05, 4.69) is 0 Å². The summed E-state index contributed by atoms with van der Waals surface area (Å²) in [5.74, 6) is -0.600. The molecule has 1 aromatic heterocycles. The van der Waals surface area contributed by atoms with Crippen molar-refractivity contribution in [2.24, 2.45) is 5.73 Å². The SMILES string of the molecule is N[C@@H](CSCc1cc(=O)c(O)co1)C(=O)O. The number of carbonyl (C=O) groups is 1. The van der Waals surface area contributed by atoms with Crippen molar-refractivity contribution in [2.75, 3.05) is 5.75 Å². The summed E-state index contributed by atoms with van der Waals surface area (Å²) in [7, 11) is 0. The van der Waals surface area contributed by atoms with Crippen LogP contribution in [0.4, 0.5) is 0 Å². The average molecular weight is 245 g/mol. The maximum atomic E-state index is 11.0. The highest BCUT2D eigenvalue weighted by molar-refractivity contribution is 7.98. The molecule has 0 aromatic carbocycles. The summed E-state index contributed by atoms with van der Waals surface area (Å²) in [5, 5.41) is 17.4. The summed E-state index contributed by atoms with van der Waals surface area (Å²) < 4.78 is 4.92. The summed E-state index contributed by atoms with van der Waals surface area (Å²) in [6.45, 7) is 0. The number of thioether (sulfide) groups is 1. The number of aromatic hydroxyl groups is 1. The number of nitrogens with two attached hydrogens (primary N) is 1. The van der Waals surface area contributed by atoms with Gasteiger partial charge in [0.15, 0.2) is 5.75 Å². The Morgan fingerprint density at radius 1 is 1.62 bits per heavy atom. The second kappa shape index (κ2) is 5.57. The molecule has 0 radical (unpaired) electrons. The van der Waals surface area contributed by atoms with Crippen molar-refractivity contribution in [1.29, 1.82) is 0 Å². The largest absolute Gasteiger partial charge is 0.502 e.